The largest absolute Gasteiger partial charge is 0.495 e. The van der Waals surface area contributed by atoms with Crippen LogP contribution < -0.4 is 10.1 Å². The molecule has 2 heterocycles. The number of hydrogen-bond donors (Lipinski definition) is 1. The summed E-state index contributed by atoms with van der Waals surface area (Å²) in [6, 6.07) is 14.2. The smallest absolute Gasteiger partial charge is 0.254 e. The van der Waals surface area contributed by atoms with Gasteiger partial charge in [-0.05, 0) is 41.6 Å². The van der Waals surface area contributed by atoms with E-state index in [0.717, 1.165) is 10.4 Å². The molecule has 33 heavy (non-hydrogen) atoms. The highest BCUT2D eigenvalue weighted by Gasteiger charge is 2.44. The van der Waals surface area contributed by atoms with E-state index in [0.29, 0.717) is 40.7 Å². The van der Waals surface area contributed by atoms with E-state index in [1.807, 2.05) is 42.6 Å². The molecule has 0 bridgehead atoms. The lowest BCUT2D eigenvalue weighted by atomic mass is 9.81. The average Bonchev–Trinajstić information content (AvgIpc) is 3.35. The van der Waals surface area contributed by atoms with Gasteiger partial charge < -0.3 is 19.7 Å². The zero-order valence-electron chi connectivity index (χ0n) is 18.6. The number of rotatable bonds is 7. The lowest BCUT2D eigenvalue weighted by Crippen LogP contribution is -2.47. The molecule has 2 amide bonds. The van der Waals surface area contributed by atoms with Crippen molar-refractivity contribution in [2.75, 3.05) is 32.7 Å². The van der Waals surface area contributed by atoms with E-state index in [2.05, 4.69) is 5.32 Å². The average molecular weight is 485 g/mol. The van der Waals surface area contributed by atoms with Crippen LogP contribution in [0.4, 0.5) is 5.69 Å². The fraction of sp³-hybridized carbons (Fsp3) is 0.280. The molecule has 0 spiro atoms. The number of nitrogens with one attached hydrogen (secondary N) is 1. The number of hydrogen-bond acceptors (Lipinski definition) is 5. The van der Waals surface area contributed by atoms with E-state index >= 15 is 0 Å². The van der Waals surface area contributed by atoms with Gasteiger partial charge in [-0.25, -0.2) is 0 Å². The molecule has 0 aliphatic carbocycles. The van der Waals surface area contributed by atoms with Crippen molar-refractivity contribution in [3.05, 3.63) is 80.5 Å². The van der Waals surface area contributed by atoms with E-state index in [4.69, 9.17) is 21.1 Å². The highest BCUT2D eigenvalue weighted by Crippen LogP contribution is 2.45. The molecule has 3 aromatic rings. The van der Waals surface area contributed by atoms with Gasteiger partial charge >= 0.3 is 0 Å². The van der Waals surface area contributed by atoms with E-state index in [9.17, 15) is 9.59 Å². The van der Waals surface area contributed by atoms with E-state index in [-0.39, 0.29) is 11.8 Å². The van der Waals surface area contributed by atoms with Gasteiger partial charge in [0.05, 0.1) is 31.4 Å². The summed E-state index contributed by atoms with van der Waals surface area (Å²) in [5.74, 6) is -0.473. The number of amides is 2. The van der Waals surface area contributed by atoms with Crippen molar-refractivity contribution in [3.63, 3.8) is 0 Å². The SMILES string of the molecule is COCCN1C(=O)c2ccccc2[C@H](C(=O)Nc2cc(C)c(Cl)cc2OC)[C@H]1c1cccs1. The lowest BCUT2D eigenvalue weighted by Gasteiger charge is -2.41. The number of methoxy groups -OCH3 is 2. The number of carbonyl (C=O) groups is 2. The molecule has 0 unspecified atom stereocenters. The molecule has 1 N–H and O–H groups in total. The number of fused-ring (bicyclic) bond motifs is 1. The summed E-state index contributed by atoms with van der Waals surface area (Å²) in [6.07, 6.45) is 0. The third-order valence-corrected chi connectivity index (χ3v) is 7.18. The summed E-state index contributed by atoms with van der Waals surface area (Å²) in [5.41, 5.74) is 2.59. The number of carbonyl (C=O) groups excluding carboxylic acids is 2. The Morgan fingerprint density at radius 2 is 1.97 bits per heavy atom. The van der Waals surface area contributed by atoms with Crippen molar-refractivity contribution < 1.29 is 19.1 Å². The predicted octanol–water partition coefficient (Wildman–Crippen LogP) is 5.28. The van der Waals surface area contributed by atoms with Crippen LogP contribution in [0.15, 0.2) is 53.9 Å². The van der Waals surface area contributed by atoms with Gasteiger partial charge in [0.25, 0.3) is 5.91 Å². The van der Waals surface area contributed by atoms with Crippen LogP contribution in [0, 0.1) is 6.92 Å². The van der Waals surface area contributed by atoms with Crippen molar-refractivity contribution in [1.29, 1.82) is 0 Å². The van der Waals surface area contributed by atoms with Crippen molar-refractivity contribution in [2.24, 2.45) is 0 Å². The van der Waals surface area contributed by atoms with Crippen LogP contribution >= 0.6 is 22.9 Å². The molecule has 0 saturated carbocycles. The maximum absolute atomic E-state index is 13.9. The second-order valence-electron chi connectivity index (χ2n) is 7.81. The first-order chi connectivity index (χ1) is 16.0. The molecule has 4 rings (SSSR count). The summed E-state index contributed by atoms with van der Waals surface area (Å²) in [7, 11) is 3.13. The lowest BCUT2D eigenvalue weighted by molar-refractivity contribution is -0.119. The van der Waals surface area contributed by atoms with Crippen molar-refractivity contribution in [3.8, 4) is 5.75 Å². The fourth-order valence-electron chi connectivity index (χ4n) is 4.23. The molecule has 1 aliphatic heterocycles. The molecule has 1 aliphatic rings. The second kappa shape index (κ2) is 9.95. The van der Waals surface area contributed by atoms with Crippen molar-refractivity contribution >= 4 is 40.4 Å². The predicted molar refractivity (Wildman–Crippen MR) is 131 cm³/mol. The first kappa shape index (κ1) is 23.3. The van der Waals surface area contributed by atoms with Gasteiger partial charge in [0.2, 0.25) is 5.91 Å². The molecule has 172 valence electrons. The fourth-order valence-corrected chi connectivity index (χ4v) is 5.25. The van der Waals surface area contributed by atoms with Crippen LogP contribution in [0.2, 0.25) is 5.02 Å². The third kappa shape index (κ3) is 4.49. The molecule has 0 fully saturated rings. The van der Waals surface area contributed by atoms with Crippen molar-refractivity contribution in [1.82, 2.24) is 4.90 Å². The minimum Gasteiger partial charge on any atom is -0.495 e. The highest BCUT2D eigenvalue weighted by molar-refractivity contribution is 7.10. The first-order valence-electron chi connectivity index (χ1n) is 10.5. The number of ether oxygens (including phenoxy) is 2. The summed E-state index contributed by atoms with van der Waals surface area (Å²) in [5, 5.41) is 5.55. The number of benzene rings is 2. The quantitative estimate of drug-likeness (QED) is 0.495. The molecule has 0 saturated heterocycles. The minimum atomic E-state index is -0.616. The maximum atomic E-state index is 13.9. The van der Waals surface area contributed by atoms with Crippen LogP contribution in [0.3, 0.4) is 0 Å². The Morgan fingerprint density at radius 3 is 2.67 bits per heavy atom. The Bertz CT molecular complexity index is 1170. The number of aryl methyl sites for hydroxylation is 1. The molecule has 1 aromatic heterocycles. The standard InChI is InChI=1S/C25H25ClN2O4S/c1-15-13-19(20(32-3)14-18(15)26)27-24(29)22-16-7-4-5-8-17(16)25(30)28(10-11-31-2)23(22)21-9-6-12-33-21/h4-9,12-14,22-23H,10-11H2,1-3H3,(H,27,29)/t22-,23+/m0/s1. The molecular formula is C25H25ClN2O4S. The summed E-state index contributed by atoms with van der Waals surface area (Å²) in [4.78, 5) is 30.0. The first-order valence-corrected chi connectivity index (χ1v) is 11.8. The zero-order chi connectivity index (χ0) is 23.5. The number of anilines is 1. The Hall–Kier alpha value is -2.87. The molecule has 6 nitrogen and oxygen atoms in total. The van der Waals surface area contributed by atoms with E-state index in [1.165, 1.54) is 18.4 Å². The van der Waals surface area contributed by atoms with Crippen molar-refractivity contribution in [2.45, 2.75) is 18.9 Å². The third-order valence-electron chi connectivity index (χ3n) is 5.83. The van der Waals surface area contributed by atoms with Crippen LogP contribution in [0.5, 0.6) is 5.75 Å². The topological polar surface area (TPSA) is 67.9 Å². The molecule has 2 atom stereocenters. The number of halogens is 1. The Morgan fingerprint density at radius 1 is 1.18 bits per heavy atom. The van der Waals surface area contributed by atoms with E-state index in [1.54, 1.807) is 30.2 Å². The Kier molecular flexibility index (Phi) is 7.02. The van der Waals surface area contributed by atoms with Crippen LogP contribution in [0.25, 0.3) is 0 Å². The van der Waals surface area contributed by atoms with Crippen LogP contribution in [-0.4, -0.2) is 44.1 Å². The van der Waals surface area contributed by atoms with E-state index < -0.39 is 12.0 Å². The van der Waals surface area contributed by atoms with Gasteiger partial charge in [0.1, 0.15) is 5.75 Å². The van der Waals surface area contributed by atoms with Gasteiger partial charge in [-0.1, -0.05) is 35.9 Å². The maximum Gasteiger partial charge on any atom is 0.254 e. The zero-order valence-corrected chi connectivity index (χ0v) is 20.2. The van der Waals surface area contributed by atoms with Gasteiger partial charge in [-0.15, -0.1) is 11.3 Å². The van der Waals surface area contributed by atoms with Gasteiger partial charge in [-0.3, -0.25) is 9.59 Å². The van der Waals surface area contributed by atoms with Gasteiger partial charge in [-0.2, -0.15) is 0 Å². The number of nitrogens with zero attached hydrogens (tertiary/aromatic N) is 1. The Labute approximate surface area is 202 Å². The van der Waals surface area contributed by atoms with Gasteiger partial charge in [0, 0.05) is 35.2 Å². The molecule has 2 aromatic carbocycles. The summed E-state index contributed by atoms with van der Waals surface area (Å²) >= 11 is 7.77. The van der Waals surface area contributed by atoms with Crippen LogP contribution in [0.1, 0.15) is 38.3 Å². The van der Waals surface area contributed by atoms with Gasteiger partial charge in [0.15, 0.2) is 0 Å². The minimum absolute atomic E-state index is 0.106. The molecule has 0 radical (unpaired) electrons. The van der Waals surface area contributed by atoms with Crippen LogP contribution in [-0.2, 0) is 9.53 Å². The molecular weight excluding hydrogens is 460 g/mol. The normalized spacial score (nSPS) is 17.6. The monoisotopic (exact) mass is 484 g/mol. The Balaban J connectivity index is 1.81. The summed E-state index contributed by atoms with van der Waals surface area (Å²) < 4.78 is 10.7. The number of thiophene rings is 1. The molecule has 8 heteroatoms. The summed E-state index contributed by atoms with van der Waals surface area (Å²) in [6.45, 7) is 2.61. The second-order valence-corrected chi connectivity index (χ2v) is 9.19. The highest BCUT2D eigenvalue weighted by atomic mass is 35.5.